The summed E-state index contributed by atoms with van der Waals surface area (Å²) in [4.78, 5) is 20.3. The first-order chi connectivity index (χ1) is 9.29. The van der Waals surface area contributed by atoms with Crippen molar-refractivity contribution in [3.63, 3.8) is 0 Å². The Morgan fingerprint density at radius 1 is 1.32 bits per heavy atom. The van der Waals surface area contributed by atoms with Gasteiger partial charge in [0.25, 0.3) is 0 Å². The van der Waals surface area contributed by atoms with E-state index in [0.717, 1.165) is 24.5 Å². The number of ketones is 1. The number of rotatable bonds is 7. The van der Waals surface area contributed by atoms with Crippen LogP contribution in [0.1, 0.15) is 31.3 Å². The summed E-state index contributed by atoms with van der Waals surface area (Å²) >= 11 is 0. The maximum atomic E-state index is 11.9. The largest absolute Gasteiger partial charge is 0.299 e. The second kappa shape index (κ2) is 6.78. The van der Waals surface area contributed by atoms with Crippen LogP contribution < -0.4 is 0 Å². The van der Waals surface area contributed by atoms with Crippen molar-refractivity contribution in [2.75, 3.05) is 0 Å². The van der Waals surface area contributed by atoms with Crippen LogP contribution in [0.2, 0.25) is 0 Å². The summed E-state index contributed by atoms with van der Waals surface area (Å²) in [5.41, 5.74) is 0.950. The lowest BCUT2D eigenvalue weighted by molar-refractivity contribution is -0.118. The standard InChI is InChI=1S/C14H18N4O/c1-2-9-18-14(16-11-17-18)10-13(19)7-6-12-5-3-4-8-15-12/h3-5,8,11H,2,6-7,9-10H2,1H3. The smallest absolute Gasteiger partial charge is 0.140 e. The minimum absolute atomic E-state index is 0.177. The topological polar surface area (TPSA) is 60.7 Å². The minimum Gasteiger partial charge on any atom is -0.299 e. The van der Waals surface area contributed by atoms with Crippen molar-refractivity contribution in [1.82, 2.24) is 19.7 Å². The fourth-order valence-corrected chi connectivity index (χ4v) is 1.90. The van der Waals surface area contributed by atoms with Crippen LogP contribution in [-0.2, 0) is 24.2 Å². The predicted octanol–water partition coefficient (Wildman–Crippen LogP) is 1.83. The van der Waals surface area contributed by atoms with Crippen LogP contribution in [0.4, 0.5) is 0 Å². The molecule has 0 spiro atoms. The monoisotopic (exact) mass is 258 g/mol. The normalized spacial score (nSPS) is 10.6. The quantitative estimate of drug-likeness (QED) is 0.760. The first-order valence-electron chi connectivity index (χ1n) is 6.58. The van der Waals surface area contributed by atoms with E-state index in [1.54, 1.807) is 10.9 Å². The summed E-state index contributed by atoms with van der Waals surface area (Å²) in [6, 6.07) is 5.75. The van der Waals surface area contributed by atoms with Crippen molar-refractivity contribution in [2.45, 2.75) is 39.2 Å². The van der Waals surface area contributed by atoms with Crippen molar-refractivity contribution >= 4 is 5.78 Å². The molecule has 0 fully saturated rings. The van der Waals surface area contributed by atoms with Gasteiger partial charge in [-0.1, -0.05) is 13.0 Å². The summed E-state index contributed by atoms with van der Waals surface area (Å²) in [7, 11) is 0. The summed E-state index contributed by atoms with van der Waals surface area (Å²) in [5, 5.41) is 4.12. The Bertz CT molecular complexity index is 521. The Morgan fingerprint density at radius 3 is 2.95 bits per heavy atom. The average molecular weight is 258 g/mol. The third-order valence-electron chi connectivity index (χ3n) is 2.87. The van der Waals surface area contributed by atoms with Gasteiger partial charge in [-0.2, -0.15) is 5.10 Å². The first-order valence-corrected chi connectivity index (χ1v) is 6.58. The number of hydrogen-bond acceptors (Lipinski definition) is 4. The predicted molar refractivity (Wildman–Crippen MR) is 71.6 cm³/mol. The van der Waals surface area contributed by atoms with E-state index >= 15 is 0 Å². The molecule has 0 N–H and O–H groups in total. The van der Waals surface area contributed by atoms with E-state index in [0.29, 0.717) is 19.3 Å². The number of aromatic nitrogens is 4. The number of hydrogen-bond donors (Lipinski definition) is 0. The zero-order chi connectivity index (χ0) is 13.5. The van der Waals surface area contributed by atoms with Gasteiger partial charge < -0.3 is 0 Å². The molecule has 0 aromatic carbocycles. The summed E-state index contributed by atoms with van der Waals surface area (Å²) in [6.45, 7) is 2.89. The van der Waals surface area contributed by atoms with E-state index in [1.165, 1.54) is 6.33 Å². The van der Waals surface area contributed by atoms with Gasteiger partial charge in [-0.25, -0.2) is 9.67 Å². The third kappa shape index (κ3) is 3.98. The fourth-order valence-electron chi connectivity index (χ4n) is 1.90. The van der Waals surface area contributed by atoms with E-state index in [4.69, 9.17) is 0 Å². The van der Waals surface area contributed by atoms with E-state index in [2.05, 4.69) is 22.0 Å². The Morgan fingerprint density at radius 2 is 2.21 bits per heavy atom. The van der Waals surface area contributed by atoms with Crippen LogP contribution in [0, 0.1) is 0 Å². The highest BCUT2D eigenvalue weighted by atomic mass is 16.1. The van der Waals surface area contributed by atoms with Gasteiger partial charge in [-0.3, -0.25) is 9.78 Å². The molecule has 100 valence electrons. The van der Waals surface area contributed by atoms with Crippen LogP contribution >= 0.6 is 0 Å². The molecule has 5 heteroatoms. The molecule has 0 radical (unpaired) electrons. The molecule has 2 heterocycles. The minimum atomic E-state index is 0.177. The molecule has 0 aliphatic carbocycles. The first kappa shape index (κ1) is 13.4. The van der Waals surface area contributed by atoms with Gasteiger partial charge in [0.2, 0.25) is 0 Å². The molecule has 19 heavy (non-hydrogen) atoms. The molecule has 0 amide bonds. The highest BCUT2D eigenvalue weighted by Gasteiger charge is 2.10. The molecule has 0 aliphatic heterocycles. The summed E-state index contributed by atoms with van der Waals surface area (Å²) in [5.74, 6) is 0.934. The molecule has 0 saturated heterocycles. The van der Waals surface area contributed by atoms with E-state index in [9.17, 15) is 4.79 Å². The van der Waals surface area contributed by atoms with Crippen LogP contribution in [0.3, 0.4) is 0 Å². The van der Waals surface area contributed by atoms with Gasteiger partial charge in [0.15, 0.2) is 0 Å². The number of nitrogens with zero attached hydrogens (tertiary/aromatic N) is 4. The average Bonchev–Trinajstić information content (AvgIpc) is 2.85. The maximum Gasteiger partial charge on any atom is 0.140 e. The van der Waals surface area contributed by atoms with Crippen molar-refractivity contribution < 1.29 is 4.79 Å². The molecule has 0 unspecified atom stereocenters. The highest BCUT2D eigenvalue weighted by Crippen LogP contribution is 2.04. The van der Waals surface area contributed by atoms with E-state index in [-0.39, 0.29) is 5.78 Å². The highest BCUT2D eigenvalue weighted by molar-refractivity contribution is 5.80. The lowest BCUT2D eigenvalue weighted by atomic mass is 10.1. The van der Waals surface area contributed by atoms with Gasteiger partial charge >= 0.3 is 0 Å². The Kier molecular flexibility index (Phi) is 4.78. The van der Waals surface area contributed by atoms with E-state index < -0.39 is 0 Å². The van der Waals surface area contributed by atoms with Crippen LogP contribution in [0.5, 0.6) is 0 Å². The van der Waals surface area contributed by atoms with Crippen LogP contribution in [0.15, 0.2) is 30.7 Å². The second-order valence-electron chi connectivity index (χ2n) is 4.44. The molecular formula is C14H18N4O. The fraction of sp³-hybridized carbons (Fsp3) is 0.429. The molecular weight excluding hydrogens is 240 g/mol. The molecule has 2 aromatic heterocycles. The van der Waals surface area contributed by atoms with Crippen LogP contribution in [0.25, 0.3) is 0 Å². The van der Waals surface area contributed by atoms with Gasteiger partial charge in [0.05, 0.1) is 6.42 Å². The SMILES string of the molecule is CCCn1ncnc1CC(=O)CCc1ccccn1. The molecule has 0 aliphatic rings. The molecule has 0 bridgehead atoms. The maximum absolute atomic E-state index is 11.9. The van der Waals surface area contributed by atoms with Gasteiger partial charge in [0, 0.05) is 24.9 Å². The number of pyridine rings is 1. The molecule has 2 rings (SSSR count). The van der Waals surface area contributed by atoms with Crippen molar-refractivity contribution in [1.29, 1.82) is 0 Å². The Hall–Kier alpha value is -2.04. The number of Topliss-reactive ketones (excluding diaryl/α,β-unsaturated/α-hetero) is 1. The van der Waals surface area contributed by atoms with Crippen molar-refractivity contribution in [3.8, 4) is 0 Å². The summed E-state index contributed by atoms with van der Waals surface area (Å²) < 4.78 is 1.80. The lowest BCUT2D eigenvalue weighted by Gasteiger charge is -2.04. The third-order valence-corrected chi connectivity index (χ3v) is 2.87. The lowest BCUT2D eigenvalue weighted by Crippen LogP contribution is -2.12. The molecule has 0 atom stereocenters. The van der Waals surface area contributed by atoms with Gasteiger partial charge in [-0.15, -0.1) is 0 Å². The molecule has 5 nitrogen and oxygen atoms in total. The van der Waals surface area contributed by atoms with Gasteiger partial charge in [0.1, 0.15) is 17.9 Å². The summed E-state index contributed by atoms with van der Waals surface area (Å²) in [6.07, 6.45) is 5.78. The second-order valence-corrected chi connectivity index (χ2v) is 4.44. The van der Waals surface area contributed by atoms with Crippen molar-refractivity contribution in [2.24, 2.45) is 0 Å². The van der Waals surface area contributed by atoms with Crippen LogP contribution in [-0.4, -0.2) is 25.5 Å². The number of aryl methyl sites for hydroxylation is 2. The molecule has 2 aromatic rings. The zero-order valence-corrected chi connectivity index (χ0v) is 11.1. The number of carbonyl (C=O) groups excluding carboxylic acids is 1. The Labute approximate surface area is 112 Å². The van der Waals surface area contributed by atoms with E-state index in [1.807, 2.05) is 18.2 Å². The zero-order valence-electron chi connectivity index (χ0n) is 11.1. The molecule has 0 saturated carbocycles. The van der Waals surface area contributed by atoms with Gasteiger partial charge in [-0.05, 0) is 25.0 Å². The Balaban J connectivity index is 1.85. The number of carbonyl (C=O) groups is 1. The van der Waals surface area contributed by atoms with Crippen molar-refractivity contribution in [3.05, 3.63) is 42.2 Å².